The van der Waals surface area contributed by atoms with Crippen LogP contribution in [0.5, 0.6) is 0 Å². The van der Waals surface area contributed by atoms with Gasteiger partial charge < -0.3 is 5.32 Å². The summed E-state index contributed by atoms with van der Waals surface area (Å²) in [6, 6.07) is 15.0. The molecule has 0 saturated carbocycles. The highest BCUT2D eigenvalue weighted by Crippen LogP contribution is 2.17. The first-order valence-electron chi connectivity index (χ1n) is 6.69. The van der Waals surface area contributed by atoms with E-state index in [0.29, 0.717) is 6.04 Å². The molecule has 1 atom stereocenters. The molecule has 2 heterocycles. The van der Waals surface area contributed by atoms with Crippen molar-refractivity contribution >= 4 is 0 Å². The van der Waals surface area contributed by atoms with Gasteiger partial charge in [0.1, 0.15) is 0 Å². The first-order valence-corrected chi connectivity index (χ1v) is 6.69. The second kappa shape index (κ2) is 5.91. The van der Waals surface area contributed by atoms with Crippen molar-refractivity contribution in [2.45, 2.75) is 12.6 Å². The zero-order chi connectivity index (χ0) is 12.9. The van der Waals surface area contributed by atoms with E-state index in [-0.39, 0.29) is 0 Å². The van der Waals surface area contributed by atoms with Crippen molar-refractivity contribution in [1.82, 2.24) is 20.4 Å². The van der Waals surface area contributed by atoms with E-state index in [4.69, 9.17) is 0 Å². The molecule has 4 nitrogen and oxygen atoms in total. The fourth-order valence-electron chi connectivity index (χ4n) is 2.51. The van der Waals surface area contributed by atoms with Gasteiger partial charge in [-0.1, -0.05) is 30.3 Å². The van der Waals surface area contributed by atoms with Crippen molar-refractivity contribution in [3.63, 3.8) is 0 Å². The highest BCUT2D eigenvalue weighted by Gasteiger charge is 2.20. The van der Waals surface area contributed by atoms with Crippen LogP contribution in [0.15, 0.2) is 48.7 Å². The van der Waals surface area contributed by atoms with Crippen molar-refractivity contribution < 1.29 is 0 Å². The summed E-state index contributed by atoms with van der Waals surface area (Å²) in [6.07, 6.45) is 1.72. The van der Waals surface area contributed by atoms with Crippen molar-refractivity contribution in [1.29, 1.82) is 0 Å². The molecule has 0 spiro atoms. The highest BCUT2D eigenvalue weighted by molar-refractivity contribution is 5.19. The van der Waals surface area contributed by atoms with Gasteiger partial charge in [-0.15, -0.1) is 0 Å². The van der Waals surface area contributed by atoms with Gasteiger partial charge in [-0.05, 0) is 17.7 Å². The molecule has 98 valence electrons. The van der Waals surface area contributed by atoms with Gasteiger partial charge >= 0.3 is 0 Å². The molecule has 4 heteroatoms. The maximum absolute atomic E-state index is 4.16. The summed E-state index contributed by atoms with van der Waals surface area (Å²) in [5.41, 5.74) is 2.39. The number of nitrogens with zero attached hydrogens (tertiary/aromatic N) is 3. The van der Waals surface area contributed by atoms with Gasteiger partial charge in [0.25, 0.3) is 0 Å². The zero-order valence-corrected chi connectivity index (χ0v) is 10.9. The number of rotatable bonds is 3. The average Bonchev–Trinajstić information content (AvgIpc) is 2.49. The van der Waals surface area contributed by atoms with Crippen LogP contribution in [0, 0.1) is 0 Å². The lowest BCUT2D eigenvalue weighted by Gasteiger charge is -2.33. The van der Waals surface area contributed by atoms with Crippen LogP contribution in [0.4, 0.5) is 0 Å². The Bertz CT molecular complexity index is 500. The molecule has 1 N–H and O–H groups in total. The molecule has 19 heavy (non-hydrogen) atoms. The summed E-state index contributed by atoms with van der Waals surface area (Å²) < 4.78 is 0. The molecule has 0 aliphatic carbocycles. The smallest absolute Gasteiger partial charge is 0.0771 e. The van der Waals surface area contributed by atoms with Gasteiger partial charge in [-0.2, -0.15) is 10.2 Å². The van der Waals surface area contributed by atoms with Crippen LogP contribution in [-0.4, -0.2) is 34.7 Å². The van der Waals surface area contributed by atoms with E-state index in [9.17, 15) is 0 Å². The third kappa shape index (κ3) is 3.16. The fraction of sp³-hybridized carbons (Fsp3) is 0.333. The van der Waals surface area contributed by atoms with Crippen LogP contribution in [-0.2, 0) is 6.54 Å². The number of piperazine rings is 1. The fourth-order valence-corrected chi connectivity index (χ4v) is 2.51. The Morgan fingerprint density at radius 3 is 2.84 bits per heavy atom. The van der Waals surface area contributed by atoms with Gasteiger partial charge in [-0.25, -0.2) is 0 Å². The number of hydrogen-bond acceptors (Lipinski definition) is 4. The monoisotopic (exact) mass is 254 g/mol. The first-order chi connectivity index (χ1) is 9.42. The molecule has 3 rings (SSSR count). The molecule has 1 aliphatic heterocycles. The third-order valence-electron chi connectivity index (χ3n) is 3.47. The molecule has 1 aromatic carbocycles. The molecule has 1 aromatic heterocycles. The molecule has 0 amide bonds. The van der Waals surface area contributed by atoms with Crippen LogP contribution in [0.1, 0.15) is 17.3 Å². The molecule has 2 aromatic rings. The third-order valence-corrected chi connectivity index (χ3v) is 3.47. The normalized spacial score (nSPS) is 20.3. The minimum Gasteiger partial charge on any atom is -0.308 e. The predicted molar refractivity (Wildman–Crippen MR) is 74.5 cm³/mol. The Hall–Kier alpha value is -1.78. The van der Waals surface area contributed by atoms with E-state index in [2.05, 4.69) is 50.7 Å². The van der Waals surface area contributed by atoms with Crippen molar-refractivity contribution in [2.24, 2.45) is 0 Å². The molecule has 1 unspecified atom stereocenters. The number of hydrogen-bond donors (Lipinski definition) is 1. The van der Waals surface area contributed by atoms with Gasteiger partial charge in [0.15, 0.2) is 0 Å². The summed E-state index contributed by atoms with van der Waals surface area (Å²) in [6.45, 7) is 3.96. The molecular weight excluding hydrogens is 236 g/mol. The SMILES string of the molecule is c1ccc(C2CN(Cc3cccnn3)CCN2)cc1. The molecule has 0 radical (unpaired) electrons. The lowest BCUT2D eigenvalue weighted by molar-refractivity contribution is 0.191. The van der Waals surface area contributed by atoms with E-state index in [0.717, 1.165) is 31.9 Å². The standard InChI is InChI=1S/C15H18N4/c1-2-5-13(6-3-1)15-12-19(10-9-16-15)11-14-7-4-8-17-18-14/h1-8,15-16H,9-12H2. The summed E-state index contributed by atoms with van der Waals surface area (Å²) in [4.78, 5) is 2.43. The minimum absolute atomic E-state index is 0.409. The van der Waals surface area contributed by atoms with E-state index in [1.807, 2.05) is 12.1 Å². The second-order valence-electron chi connectivity index (χ2n) is 4.87. The minimum atomic E-state index is 0.409. The van der Waals surface area contributed by atoms with E-state index >= 15 is 0 Å². The molecule has 1 saturated heterocycles. The predicted octanol–water partition coefficient (Wildman–Crippen LogP) is 1.62. The van der Waals surface area contributed by atoms with Crippen molar-refractivity contribution in [3.8, 4) is 0 Å². The maximum Gasteiger partial charge on any atom is 0.0771 e. The molecular formula is C15H18N4. The van der Waals surface area contributed by atoms with Gasteiger partial charge in [-0.3, -0.25) is 4.90 Å². The lowest BCUT2D eigenvalue weighted by atomic mass is 10.0. The van der Waals surface area contributed by atoms with E-state index in [1.54, 1.807) is 6.20 Å². The van der Waals surface area contributed by atoms with E-state index < -0.39 is 0 Å². The summed E-state index contributed by atoms with van der Waals surface area (Å²) >= 11 is 0. The summed E-state index contributed by atoms with van der Waals surface area (Å²) in [5, 5.41) is 11.7. The molecule has 0 bridgehead atoms. The van der Waals surface area contributed by atoms with Crippen molar-refractivity contribution in [3.05, 3.63) is 59.9 Å². The number of benzene rings is 1. The summed E-state index contributed by atoms with van der Waals surface area (Å²) in [7, 11) is 0. The van der Waals surface area contributed by atoms with Crippen LogP contribution >= 0.6 is 0 Å². The Morgan fingerprint density at radius 2 is 2.05 bits per heavy atom. The van der Waals surface area contributed by atoms with Gasteiger partial charge in [0.2, 0.25) is 0 Å². The largest absolute Gasteiger partial charge is 0.308 e. The van der Waals surface area contributed by atoms with Crippen LogP contribution in [0.2, 0.25) is 0 Å². The topological polar surface area (TPSA) is 41.1 Å². The highest BCUT2D eigenvalue weighted by atomic mass is 15.2. The van der Waals surface area contributed by atoms with Gasteiger partial charge in [0.05, 0.1) is 5.69 Å². The Morgan fingerprint density at radius 1 is 1.16 bits per heavy atom. The van der Waals surface area contributed by atoms with Crippen LogP contribution in [0.3, 0.4) is 0 Å². The Labute approximate surface area is 113 Å². The first kappa shape index (κ1) is 12.3. The lowest BCUT2D eigenvalue weighted by Crippen LogP contribution is -2.45. The van der Waals surface area contributed by atoms with Crippen LogP contribution < -0.4 is 5.32 Å². The van der Waals surface area contributed by atoms with Gasteiger partial charge in [0, 0.05) is 38.4 Å². The van der Waals surface area contributed by atoms with Crippen molar-refractivity contribution in [2.75, 3.05) is 19.6 Å². The molecule has 1 aliphatic rings. The quantitative estimate of drug-likeness (QED) is 0.903. The average molecular weight is 254 g/mol. The van der Waals surface area contributed by atoms with Crippen LogP contribution in [0.25, 0.3) is 0 Å². The maximum atomic E-state index is 4.16. The summed E-state index contributed by atoms with van der Waals surface area (Å²) in [5.74, 6) is 0. The number of nitrogens with one attached hydrogen (secondary N) is 1. The Balaban J connectivity index is 1.65. The zero-order valence-electron chi connectivity index (χ0n) is 10.9. The van der Waals surface area contributed by atoms with E-state index in [1.165, 1.54) is 5.56 Å². The number of aromatic nitrogens is 2. The molecule has 1 fully saturated rings. The Kier molecular flexibility index (Phi) is 3.81. The second-order valence-corrected chi connectivity index (χ2v) is 4.87.